The molecule has 4 saturated heterocycles. The van der Waals surface area contributed by atoms with Crippen molar-refractivity contribution in [2.75, 3.05) is 26.2 Å². The van der Waals surface area contributed by atoms with E-state index in [1.54, 1.807) is 13.8 Å². The van der Waals surface area contributed by atoms with Gasteiger partial charge in [0.15, 0.2) is 0 Å². The Labute approximate surface area is 230 Å². The van der Waals surface area contributed by atoms with Crippen LogP contribution in [-0.4, -0.2) is 94.1 Å². The summed E-state index contributed by atoms with van der Waals surface area (Å²) in [5.41, 5.74) is 0. The van der Waals surface area contributed by atoms with Crippen LogP contribution in [0.2, 0.25) is 0 Å². The van der Waals surface area contributed by atoms with Crippen molar-refractivity contribution in [3.63, 3.8) is 0 Å². The molecule has 0 aromatic carbocycles. The van der Waals surface area contributed by atoms with Crippen molar-refractivity contribution in [1.29, 1.82) is 0 Å². The molecule has 4 N–H and O–H groups in total. The summed E-state index contributed by atoms with van der Waals surface area (Å²) >= 11 is 0. The molecule has 4 heterocycles. The second-order valence-corrected chi connectivity index (χ2v) is 10.4. The average molecular weight is 545 g/mol. The molecule has 10 nitrogen and oxygen atoms in total. The predicted octanol–water partition coefficient (Wildman–Crippen LogP) is 3.73. The molecular weight excluding hydrogens is 488 g/mol. The molecule has 0 bridgehead atoms. The first-order valence-electron chi connectivity index (χ1n) is 14.1. The Hall–Kier alpha value is -2.20. The fourth-order valence-corrected chi connectivity index (χ4v) is 4.52. The SMILES string of the molecule is CC(=O)N1CCCC1C.CC(=O)N1CCCC1C.CC(=O)O.CC(=O)O.CC1CCCN1.CC1CCCN1. The molecule has 0 aromatic rings. The summed E-state index contributed by atoms with van der Waals surface area (Å²) in [6.45, 7) is 18.5. The molecule has 0 saturated carbocycles. The zero-order chi connectivity index (χ0) is 29.7. The van der Waals surface area contributed by atoms with Gasteiger partial charge in [-0.3, -0.25) is 19.2 Å². The number of nitrogens with zero attached hydrogens (tertiary/aromatic N) is 2. The maximum Gasteiger partial charge on any atom is 0.300 e. The number of carbonyl (C=O) groups is 4. The lowest BCUT2D eigenvalue weighted by atomic mass is 10.2. The molecule has 4 rings (SSSR count). The van der Waals surface area contributed by atoms with Gasteiger partial charge in [0.05, 0.1) is 0 Å². The van der Waals surface area contributed by atoms with E-state index in [1.165, 1.54) is 64.5 Å². The van der Waals surface area contributed by atoms with Crippen LogP contribution in [0.3, 0.4) is 0 Å². The van der Waals surface area contributed by atoms with E-state index < -0.39 is 11.9 Å². The molecule has 10 heteroatoms. The summed E-state index contributed by atoms with van der Waals surface area (Å²) in [5, 5.41) is 21.5. The highest BCUT2D eigenvalue weighted by Crippen LogP contribution is 2.16. The van der Waals surface area contributed by atoms with Gasteiger partial charge >= 0.3 is 0 Å². The van der Waals surface area contributed by atoms with Crippen molar-refractivity contribution in [2.24, 2.45) is 0 Å². The van der Waals surface area contributed by atoms with Gasteiger partial charge in [-0.15, -0.1) is 0 Å². The minimum atomic E-state index is -0.833. The largest absolute Gasteiger partial charge is 0.481 e. The van der Waals surface area contributed by atoms with Gasteiger partial charge in [-0.25, -0.2) is 0 Å². The lowest BCUT2D eigenvalue weighted by Gasteiger charge is -2.18. The average Bonchev–Trinajstić information content (AvgIpc) is 3.59. The van der Waals surface area contributed by atoms with Gasteiger partial charge < -0.3 is 30.6 Å². The quantitative estimate of drug-likeness (QED) is 0.362. The number of hydrogen-bond donors (Lipinski definition) is 4. The Balaban J connectivity index is 0. The third kappa shape index (κ3) is 23.0. The zero-order valence-corrected chi connectivity index (χ0v) is 25.2. The number of nitrogens with one attached hydrogen (secondary N) is 2. The van der Waals surface area contributed by atoms with Crippen LogP contribution >= 0.6 is 0 Å². The molecule has 4 atom stereocenters. The molecule has 38 heavy (non-hydrogen) atoms. The molecule has 224 valence electrons. The molecule has 4 unspecified atom stereocenters. The molecule has 0 aliphatic carbocycles. The molecule has 4 aliphatic rings. The van der Waals surface area contributed by atoms with Crippen molar-refractivity contribution < 1.29 is 29.4 Å². The fraction of sp³-hybridized carbons (Fsp3) is 0.857. The molecular formula is C28H56N4O6. The van der Waals surface area contributed by atoms with Crippen LogP contribution < -0.4 is 10.6 Å². The van der Waals surface area contributed by atoms with Crippen LogP contribution in [0.5, 0.6) is 0 Å². The highest BCUT2D eigenvalue weighted by atomic mass is 16.4. The lowest BCUT2D eigenvalue weighted by Crippen LogP contribution is -2.31. The van der Waals surface area contributed by atoms with Crippen molar-refractivity contribution in [3.05, 3.63) is 0 Å². The maximum absolute atomic E-state index is 10.8. The van der Waals surface area contributed by atoms with Crippen LogP contribution in [0.4, 0.5) is 0 Å². The van der Waals surface area contributed by atoms with Crippen LogP contribution in [-0.2, 0) is 19.2 Å². The van der Waals surface area contributed by atoms with Gasteiger partial charge in [0.2, 0.25) is 11.8 Å². The molecule has 4 fully saturated rings. The Bertz CT molecular complexity index is 600. The fourth-order valence-electron chi connectivity index (χ4n) is 4.52. The molecule has 0 aromatic heterocycles. The first kappa shape index (κ1) is 37.9. The van der Waals surface area contributed by atoms with E-state index in [2.05, 4.69) is 38.3 Å². The lowest BCUT2D eigenvalue weighted by molar-refractivity contribution is -0.135. The number of amides is 2. The Morgan fingerprint density at radius 2 is 0.868 bits per heavy atom. The van der Waals surface area contributed by atoms with Crippen molar-refractivity contribution >= 4 is 23.8 Å². The van der Waals surface area contributed by atoms with Gasteiger partial charge in [0.25, 0.3) is 11.9 Å². The minimum absolute atomic E-state index is 0.222. The Kier molecular flexibility index (Phi) is 22.7. The van der Waals surface area contributed by atoms with E-state index in [0.29, 0.717) is 12.1 Å². The molecule has 2 amide bonds. The topological polar surface area (TPSA) is 139 Å². The van der Waals surface area contributed by atoms with Gasteiger partial charge in [0.1, 0.15) is 0 Å². The van der Waals surface area contributed by atoms with Crippen LogP contribution in [0.25, 0.3) is 0 Å². The normalized spacial score (nSPS) is 24.9. The van der Waals surface area contributed by atoms with Gasteiger partial charge in [-0.05, 0) is 92.2 Å². The number of hydrogen-bond acceptors (Lipinski definition) is 6. The van der Waals surface area contributed by atoms with Crippen molar-refractivity contribution in [1.82, 2.24) is 20.4 Å². The maximum atomic E-state index is 10.8. The first-order chi connectivity index (χ1) is 17.7. The van der Waals surface area contributed by atoms with Gasteiger partial charge in [-0.2, -0.15) is 0 Å². The molecule has 4 aliphatic heterocycles. The van der Waals surface area contributed by atoms with E-state index in [1.807, 2.05) is 9.80 Å². The third-order valence-electron chi connectivity index (χ3n) is 6.53. The molecule has 0 spiro atoms. The zero-order valence-electron chi connectivity index (χ0n) is 25.2. The van der Waals surface area contributed by atoms with Crippen LogP contribution in [0, 0.1) is 0 Å². The van der Waals surface area contributed by atoms with E-state index in [4.69, 9.17) is 19.8 Å². The van der Waals surface area contributed by atoms with E-state index in [0.717, 1.165) is 39.0 Å². The number of carboxylic acids is 2. The number of carboxylic acid groups (broad SMARTS) is 2. The Morgan fingerprint density at radius 3 is 0.947 bits per heavy atom. The van der Waals surface area contributed by atoms with Crippen LogP contribution in [0.15, 0.2) is 0 Å². The minimum Gasteiger partial charge on any atom is -0.481 e. The monoisotopic (exact) mass is 544 g/mol. The second-order valence-electron chi connectivity index (χ2n) is 10.4. The highest BCUT2D eigenvalue weighted by Gasteiger charge is 2.22. The second kappa shape index (κ2) is 22.8. The van der Waals surface area contributed by atoms with Crippen LogP contribution in [0.1, 0.15) is 107 Å². The summed E-state index contributed by atoms with van der Waals surface area (Å²) < 4.78 is 0. The Morgan fingerprint density at radius 1 is 0.579 bits per heavy atom. The smallest absolute Gasteiger partial charge is 0.300 e. The van der Waals surface area contributed by atoms with E-state index >= 15 is 0 Å². The number of carbonyl (C=O) groups excluding carboxylic acids is 2. The summed E-state index contributed by atoms with van der Waals surface area (Å²) in [6.07, 6.45) is 10.2. The van der Waals surface area contributed by atoms with Gasteiger partial charge in [0, 0.05) is 65.0 Å². The third-order valence-corrected chi connectivity index (χ3v) is 6.53. The summed E-state index contributed by atoms with van der Waals surface area (Å²) in [4.78, 5) is 43.4. The number of rotatable bonds is 0. The standard InChI is InChI=1S/2C7H13NO.2C5H11N.2C2H4O2/c2*1-6-4-3-5-8(6)7(2)9;2*1-5-3-2-4-6-5;2*1-2(3)4/h2*6H,3-5H2,1-2H3;2*5-6H,2-4H2,1H3;2*1H3,(H,3,4). The number of aliphatic carboxylic acids is 2. The highest BCUT2D eigenvalue weighted by molar-refractivity contribution is 5.74. The number of likely N-dealkylation sites (tertiary alicyclic amines) is 2. The van der Waals surface area contributed by atoms with Gasteiger partial charge in [-0.1, -0.05) is 0 Å². The summed E-state index contributed by atoms with van der Waals surface area (Å²) in [5.74, 6) is -1.22. The van der Waals surface area contributed by atoms with E-state index in [9.17, 15) is 9.59 Å². The van der Waals surface area contributed by atoms with Crippen molar-refractivity contribution in [3.8, 4) is 0 Å². The summed E-state index contributed by atoms with van der Waals surface area (Å²) in [6, 6.07) is 2.57. The predicted molar refractivity (Wildman–Crippen MR) is 152 cm³/mol. The first-order valence-corrected chi connectivity index (χ1v) is 14.1. The molecule has 0 radical (unpaired) electrons. The van der Waals surface area contributed by atoms with E-state index in [-0.39, 0.29) is 11.8 Å². The summed E-state index contributed by atoms with van der Waals surface area (Å²) in [7, 11) is 0. The van der Waals surface area contributed by atoms with Crippen molar-refractivity contribution in [2.45, 2.75) is 131 Å².